The minimum atomic E-state index is -1.77. The van der Waals surface area contributed by atoms with Crippen molar-refractivity contribution >= 4 is 43.6 Å². The molecule has 0 heterocycles. The van der Waals surface area contributed by atoms with Crippen LogP contribution < -0.4 is 15.9 Å². The molecule has 0 bridgehead atoms. The van der Waals surface area contributed by atoms with Crippen LogP contribution in [0.4, 0.5) is 0 Å². The van der Waals surface area contributed by atoms with E-state index in [-0.39, 0.29) is 0 Å². The summed E-state index contributed by atoms with van der Waals surface area (Å²) in [5.74, 6) is 0. The third-order valence-corrected chi connectivity index (χ3v) is 9.24. The Labute approximate surface area is 176 Å². The molecule has 0 unspecified atom stereocenters. The van der Waals surface area contributed by atoms with Crippen LogP contribution in [0, 0.1) is 0 Å². The zero-order valence-corrected chi connectivity index (χ0v) is 18.0. The van der Waals surface area contributed by atoms with Crippen LogP contribution in [0.15, 0.2) is 115 Å². The fourth-order valence-corrected chi connectivity index (χ4v) is 8.20. The number of hydrogen-bond acceptors (Lipinski definition) is 0. The number of benzene rings is 3. The summed E-state index contributed by atoms with van der Waals surface area (Å²) >= 11 is 0.569. The van der Waals surface area contributed by atoms with Gasteiger partial charge in [0.05, 0.1) is 0 Å². The Morgan fingerprint density at radius 1 is 0.556 bits per heavy atom. The van der Waals surface area contributed by atoms with Gasteiger partial charge in [-0.05, 0) is 48.6 Å². The molecule has 0 amide bonds. The van der Waals surface area contributed by atoms with Crippen LogP contribution in [0.1, 0.15) is 0 Å². The Morgan fingerprint density at radius 3 is 1.15 bits per heavy atom. The number of allylic oxidation sites excluding steroid dienone is 4. The summed E-state index contributed by atoms with van der Waals surface area (Å²) in [6.07, 6.45) is 9.10. The van der Waals surface area contributed by atoms with Crippen LogP contribution in [0.5, 0.6) is 0 Å². The molecule has 0 atom stereocenters. The molecular formula is C23H20Cl2NiP+. The summed E-state index contributed by atoms with van der Waals surface area (Å²) in [5, 5.41) is 4.30. The van der Waals surface area contributed by atoms with E-state index in [4.69, 9.17) is 20.4 Å². The van der Waals surface area contributed by atoms with Gasteiger partial charge < -0.3 is 0 Å². The molecule has 0 aliphatic heterocycles. The van der Waals surface area contributed by atoms with E-state index in [1.165, 1.54) is 15.9 Å². The van der Waals surface area contributed by atoms with Crippen molar-refractivity contribution in [3.8, 4) is 0 Å². The fraction of sp³-hybridized carbons (Fsp3) is 0.0435. The fourth-order valence-electron chi connectivity index (χ4n) is 3.63. The zero-order valence-electron chi connectivity index (χ0n) is 14.6. The van der Waals surface area contributed by atoms with Crippen molar-refractivity contribution in [1.82, 2.24) is 0 Å². The Kier molecular flexibility index (Phi) is 7.74. The van der Waals surface area contributed by atoms with Crippen molar-refractivity contribution in [2.24, 2.45) is 0 Å². The Hall–Kier alpha value is -1.36. The standard InChI is InChI=1S/C23H20P.2ClH.Ni/c1-4-12-20(13-5-1)24(23-18-10-11-19-23,21-14-6-2-7-15-21)22-16-8-3-9-17-22;;;/h1-19,23H;2*1H;/q+1;;;+2/p-2. The van der Waals surface area contributed by atoms with Gasteiger partial charge >= 0.3 is 33.0 Å². The van der Waals surface area contributed by atoms with Crippen molar-refractivity contribution in [3.05, 3.63) is 115 Å². The molecule has 27 heavy (non-hydrogen) atoms. The van der Waals surface area contributed by atoms with E-state index in [1.807, 2.05) is 0 Å². The average molecular weight is 457 g/mol. The van der Waals surface area contributed by atoms with Gasteiger partial charge in [-0.3, -0.25) is 0 Å². The van der Waals surface area contributed by atoms with Gasteiger partial charge in [0, 0.05) is 0 Å². The van der Waals surface area contributed by atoms with E-state index in [0.717, 1.165) is 0 Å². The first-order valence-corrected chi connectivity index (χ1v) is 13.1. The quantitative estimate of drug-likeness (QED) is 0.341. The predicted molar refractivity (Wildman–Crippen MR) is 119 cm³/mol. The van der Waals surface area contributed by atoms with Crippen LogP contribution in [0.25, 0.3) is 0 Å². The molecule has 1 aliphatic rings. The van der Waals surface area contributed by atoms with Gasteiger partial charge in [0.25, 0.3) is 0 Å². The van der Waals surface area contributed by atoms with E-state index in [0.29, 0.717) is 18.3 Å². The van der Waals surface area contributed by atoms with E-state index in [1.54, 1.807) is 0 Å². The Balaban J connectivity index is 0.000000659. The molecule has 0 nitrogen and oxygen atoms in total. The molecular weight excluding hydrogens is 437 g/mol. The second-order valence-corrected chi connectivity index (χ2v) is 11.3. The molecule has 3 aromatic rings. The molecule has 4 rings (SSSR count). The third-order valence-electron chi connectivity index (χ3n) is 4.67. The van der Waals surface area contributed by atoms with E-state index < -0.39 is 7.26 Å². The van der Waals surface area contributed by atoms with Crippen molar-refractivity contribution in [2.45, 2.75) is 5.66 Å². The monoisotopic (exact) mass is 455 g/mol. The third kappa shape index (κ3) is 4.39. The van der Waals surface area contributed by atoms with Crippen molar-refractivity contribution < 1.29 is 12.7 Å². The van der Waals surface area contributed by atoms with Gasteiger partial charge in [-0.1, -0.05) is 66.7 Å². The second kappa shape index (κ2) is 10.3. The topological polar surface area (TPSA) is 0 Å². The normalized spacial score (nSPS) is 13.4. The van der Waals surface area contributed by atoms with Gasteiger partial charge in [-0.15, -0.1) is 0 Å². The number of halogens is 2. The molecule has 4 heteroatoms. The van der Waals surface area contributed by atoms with Gasteiger partial charge in [0.2, 0.25) is 0 Å². The van der Waals surface area contributed by atoms with E-state index in [2.05, 4.69) is 115 Å². The van der Waals surface area contributed by atoms with E-state index in [9.17, 15) is 0 Å². The molecule has 0 saturated heterocycles. The second-order valence-electron chi connectivity index (χ2n) is 6.03. The Morgan fingerprint density at radius 2 is 0.852 bits per heavy atom. The summed E-state index contributed by atoms with van der Waals surface area (Å²) < 4.78 is 0. The number of rotatable bonds is 4. The first-order chi connectivity index (χ1) is 13.3. The van der Waals surface area contributed by atoms with Gasteiger partial charge in [-0.2, -0.15) is 0 Å². The van der Waals surface area contributed by atoms with Crippen LogP contribution >= 0.6 is 27.7 Å². The molecule has 140 valence electrons. The first kappa shape index (κ1) is 20.4. The van der Waals surface area contributed by atoms with Crippen molar-refractivity contribution in [3.63, 3.8) is 0 Å². The van der Waals surface area contributed by atoms with Crippen molar-refractivity contribution in [2.75, 3.05) is 0 Å². The first-order valence-electron chi connectivity index (χ1n) is 8.57. The zero-order chi connectivity index (χ0) is 19.0. The van der Waals surface area contributed by atoms with Crippen molar-refractivity contribution in [1.29, 1.82) is 0 Å². The summed E-state index contributed by atoms with van der Waals surface area (Å²) in [5.41, 5.74) is 0.407. The molecule has 0 saturated carbocycles. The summed E-state index contributed by atoms with van der Waals surface area (Å²) in [4.78, 5) is 0. The molecule has 0 aromatic heterocycles. The maximum atomic E-state index is 4.70. The van der Waals surface area contributed by atoms with Crippen LogP contribution in [-0.2, 0) is 12.7 Å². The van der Waals surface area contributed by atoms with Gasteiger partial charge in [0.1, 0.15) is 28.8 Å². The number of hydrogen-bond donors (Lipinski definition) is 0. The Bertz CT molecular complexity index is 771. The SMILES string of the molecule is C1=CC([P+](c2ccccc2)(c2ccccc2)c2ccccc2)C=C1.[Cl][Ni][Cl]. The maximum absolute atomic E-state index is 4.70. The minimum absolute atomic E-state index is 0.407. The average Bonchev–Trinajstić information content (AvgIpc) is 3.27. The molecule has 0 N–H and O–H groups in total. The summed E-state index contributed by atoms with van der Waals surface area (Å²) in [7, 11) is 7.63. The molecule has 0 radical (unpaired) electrons. The molecule has 0 spiro atoms. The van der Waals surface area contributed by atoms with Gasteiger partial charge in [0.15, 0.2) is 0 Å². The van der Waals surface area contributed by atoms with Crippen LogP contribution in [-0.4, -0.2) is 5.66 Å². The summed E-state index contributed by atoms with van der Waals surface area (Å²) in [6, 6.07) is 33.1. The summed E-state index contributed by atoms with van der Waals surface area (Å²) in [6.45, 7) is 0. The molecule has 0 fully saturated rings. The van der Waals surface area contributed by atoms with Crippen LogP contribution in [0.3, 0.4) is 0 Å². The molecule has 3 aromatic carbocycles. The predicted octanol–water partition coefficient (Wildman–Crippen LogP) is 5.85. The van der Waals surface area contributed by atoms with E-state index >= 15 is 0 Å². The van der Waals surface area contributed by atoms with Crippen LogP contribution in [0.2, 0.25) is 0 Å². The van der Waals surface area contributed by atoms with Gasteiger partial charge in [-0.25, -0.2) is 0 Å². The molecule has 1 aliphatic carbocycles.